The van der Waals surface area contributed by atoms with Gasteiger partial charge in [0.15, 0.2) is 0 Å². The molecule has 0 atom stereocenters. The highest BCUT2D eigenvalue weighted by Gasteiger charge is 2.23. The molecule has 0 saturated heterocycles. The van der Waals surface area contributed by atoms with Crippen molar-refractivity contribution in [3.05, 3.63) is 96.6 Å². The van der Waals surface area contributed by atoms with Gasteiger partial charge in [-0.2, -0.15) is 17.6 Å². The normalized spacial score (nSPS) is 11.9. The van der Waals surface area contributed by atoms with Crippen molar-refractivity contribution in [3.63, 3.8) is 0 Å². The Morgan fingerprint density at radius 1 is 0.759 bits per heavy atom. The van der Waals surface area contributed by atoms with E-state index >= 15 is 0 Å². The third-order valence-corrected chi connectivity index (χ3v) is 6.73. The summed E-state index contributed by atoms with van der Waals surface area (Å²) in [6.07, 6.45) is 0. The van der Waals surface area contributed by atoms with Crippen LogP contribution in [0.1, 0.15) is 5.56 Å². The highest BCUT2D eigenvalue weighted by atomic mass is 32.2. The van der Waals surface area contributed by atoms with E-state index in [1.807, 2.05) is 61.5 Å². The quantitative estimate of drug-likeness (QED) is 0.409. The monoisotopic (exact) mass is 398 g/mol. The molecule has 0 radical (unpaired) electrons. The van der Waals surface area contributed by atoms with Gasteiger partial charge in [0.05, 0.1) is 10.4 Å². The molecule has 0 amide bonds. The van der Waals surface area contributed by atoms with E-state index in [4.69, 9.17) is 0 Å². The van der Waals surface area contributed by atoms with E-state index in [0.717, 1.165) is 31.4 Å². The fraction of sp³-hybridized carbons (Fsp3) is 0.0417. The lowest BCUT2D eigenvalue weighted by Crippen LogP contribution is -2.14. The first-order chi connectivity index (χ1) is 14.0. The lowest BCUT2D eigenvalue weighted by molar-refractivity contribution is 0.582. The van der Waals surface area contributed by atoms with Gasteiger partial charge >= 0.3 is 0 Å². The lowest BCUT2D eigenvalue weighted by atomic mass is 10.0. The number of aryl methyl sites for hydroxylation is 1. The fourth-order valence-corrected chi connectivity index (χ4v) is 4.87. The van der Waals surface area contributed by atoms with Crippen molar-refractivity contribution in [2.45, 2.75) is 11.8 Å². The average molecular weight is 398 g/mol. The van der Waals surface area contributed by atoms with Crippen molar-refractivity contribution in [3.8, 4) is 11.3 Å². The van der Waals surface area contributed by atoms with Crippen molar-refractivity contribution in [1.82, 2.24) is 9.19 Å². The first-order valence-electron chi connectivity index (χ1n) is 9.33. The molecule has 0 spiro atoms. The molecular formula is C24H18N2O2S. The Morgan fingerprint density at radius 2 is 1.45 bits per heavy atom. The molecule has 4 nitrogen and oxygen atoms in total. The summed E-state index contributed by atoms with van der Waals surface area (Å²) in [4.78, 5) is 0.224. The maximum atomic E-state index is 13.3. The molecule has 5 aromatic rings. The third-order valence-electron chi connectivity index (χ3n) is 5.13. The van der Waals surface area contributed by atoms with E-state index in [1.54, 1.807) is 30.3 Å². The summed E-state index contributed by atoms with van der Waals surface area (Å²) < 4.78 is 27.8. The van der Waals surface area contributed by atoms with Gasteiger partial charge in [0.2, 0.25) is 0 Å². The van der Waals surface area contributed by atoms with E-state index in [9.17, 15) is 8.42 Å². The van der Waals surface area contributed by atoms with Crippen molar-refractivity contribution >= 4 is 31.7 Å². The van der Waals surface area contributed by atoms with Crippen molar-refractivity contribution in [2.75, 3.05) is 0 Å². The molecule has 5 heteroatoms. The summed E-state index contributed by atoms with van der Waals surface area (Å²) >= 11 is 0. The van der Waals surface area contributed by atoms with E-state index in [1.165, 1.54) is 0 Å². The van der Waals surface area contributed by atoms with Crippen LogP contribution in [0.3, 0.4) is 0 Å². The lowest BCUT2D eigenvalue weighted by Gasteiger charge is -2.06. The van der Waals surface area contributed by atoms with Crippen LogP contribution in [0.15, 0.2) is 95.9 Å². The molecule has 5 rings (SSSR count). The predicted molar refractivity (Wildman–Crippen MR) is 116 cm³/mol. The van der Waals surface area contributed by atoms with Gasteiger partial charge in [-0.3, -0.25) is 0 Å². The van der Waals surface area contributed by atoms with Gasteiger partial charge in [-0.15, -0.1) is 0 Å². The molecule has 0 aliphatic carbocycles. The number of para-hydroxylation sites is 1. The maximum absolute atomic E-state index is 13.3. The van der Waals surface area contributed by atoms with E-state index in [-0.39, 0.29) is 4.90 Å². The summed E-state index contributed by atoms with van der Waals surface area (Å²) in [7, 11) is -3.81. The number of nitrogens with zero attached hydrogens (tertiary/aromatic N) is 2. The second-order valence-corrected chi connectivity index (χ2v) is 8.86. The largest absolute Gasteiger partial charge is 0.283 e. The minimum absolute atomic E-state index is 0.224. The van der Waals surface area contributed by atoms with Crippen LogP contribution < -0.4 is 0 Å². The molecule has 0 bridgehead atoms. The number of aromatic nitrogens is 2. The van der Waals surface area contributed by atoms with Gasteiger partial charge in [0.1, 0.15) is 5.69 Å². The zero-order valence-electron chi connectivity index (χ0n) is 15.8. The smallest absolute Gasteiger partial charge is 0.199 e. The molecule has 0 aliphatic rings. The molecule has 0 aliphatic heterocycles. The van der Waals surface area contributed by atoms with Crippen LogP contribution in [0.2, 0.25) is 0 Å². The zero-order chi connectivity index (χ0) is 20.0. The third kappa shape index (κ3) is 2.91. The molecule has 1 aromatic heterocycles. The molecule has 1 heterocycles. The van der Waals surface area contributed by atoms with Gasteiger partial charge in [-0.05, 0) is 42.0 Å². The van der Waals surface area contributed by atoms with E-state index in [0.29, 0.717) is 11.2 Å². The molecular weight excluding hydrogens is 380 g/mol. The predicted octanol–water partition coefficient (Wildman–Crippen LogP) is 5.40. The Kier molecular flexibility index (Phi) is 4.00. The Labute approximate surface area is 169 Å². The highest BCUT2D eigenvalue weighted by Crippen LogP contribution is 2.32. The minimum atomic E-state index is -3.81. The van der Waals surface area contributed by atoms with Gasteiger partial charge in [0.25, 0.3) is 10.0 Å². The van der Waals surface area contributed by atoms with Crippen molar-refractivity contribution in [1.29, 1.82) is 0 Å². The van der Waals surface area contributed by atoms with Crippen LogP contribution in [0.4, 0.5) is 0 Å². The maximum Gasteiger partial charge on any atom is 0.283 e. The molecule has 142 valence electrons. The molecule has 0 unspecified atom stereocenters. The number of rotatable bonds is 3. The number of benzene rings is 4. The summed E-state index contributed by atoms with van der Waals surface area (Å²) in [5.41, 5.74) is 3.11. The first-order valence-corrected chi connectivity index (χ1v) is 10.8. The van der Waals surface area contributed by atoms with Crippen molar-refractivity contribution < 1.29 is 8.42 Å². The summed E-state index contributed by atoms with van der Waals surface area (Å²) in [5, 5.41) is 7.59. The van der Waals surface area contributed by atoms with Gasteiger partial charge in [-0.25, -0.2) is 0 Å². The highest BCUT2D eigenvalue weighted by molar-refractivity contribution is 7.90. The topological polar surface area (TPSA) is 52.0 Å². The van der Waals surface area contributed by atoms with Crippen LogP contribution in [0.5, 0.6) is 0 Å². The van der Waals surface area contributed by atoms with E-state index < -0.39 is 10.0 Å². The summed E-state index contributed by atoms with van der Waals surface area (Å²) in [5.74, 6) is 0. The Morgan fingerprint density at radius 3 is 2.24 bits per heavy atom. The van der Waals surface area contributed by atoms with Crippen LogP contribution >= 0.6 is 0 Å². The minimum Gasteiger partial charge on any atom is -0.199 e. The average Bonchev–Trinajstić information content (AvgIpc) is 3.14. The summed E-state index contributed by atoms with van der Waals surface area (Å²) in [6, 6.07) is 28.4. The van der Waals surface area contributed by atoms with Crippen LogP contribution in [-0.4, -0.2) is 17.6 Å². The standard InChI is InChI=1S/C24H18N2O2S/c1-17-10-14-21(15-11-17)29(27,28)26-23-9-5-4-8-22(23)24(25-26)20-13-12-18-6-2-3-7-19(18)16-20/h2-16H,1H3. The van der Waals surface area contributed by atoms with Crippen molar-refractivity contribution in [2.24, 2.45) is 0 Å². The molecule has 0 N–H and O–H groups in total. The Hall–Kier alpha value is -3.44. The van der Waals surface area contributed by atoms with Crippen LogP contribution in [-0.2, 0) is 10.0 Å². The Bertz CT molecular complexity index is 1470. The number of hydrogen-bond donors (Lipinski definition) is 0. The van der Waals surface area contributed by atoms with Gasteiger partial charge in [0, 0.05) is 10.9 Å². The number of fused-ring (bicyclic) bond motifs is 2. The number of hydrogen-bond acceptors (Lipinski definition) is 3. The molecule has 0 fully saturated rings. The Balaban J connectivity index is 1.75. The second kappa shape index (κ2) is 6.57. The second-order valence-electron chi connectivity index (χ2n) is 7.09. The molecule has 29 heavy (non-hydrogen) atoms. The summed E-state index contributed by atoms with van der Waals surface area (Å²) in [6.45, 7) is 1.93. The molecule has 4 aromatic carbocycles. The first kappa shape index (κ1) is 17.6. The zero-order valence-corrected chi connectivity index (χ0v) is 16.6. The van der Waals surface area contributed by atoms with Gasteiger partial charge in [-0.1, -0.05) is 72.3 Å². The fourth-order valence-electron chi connectivity index (χ4n) is 3.58. The SMILES string of the molecule is Cc1ccc(S(=O)(=O)n2nc(-c3ccc4ccccc4c3)c3ccccc32)cc1. The molecule has 0 saturated carbocycles. The van der Waals surface area contributed by atoms with Crippen LogP contribution in [0.25, 0.3) is 32.9 Å². The van der Waals surface area contributed by atoms with Crippen LogP contribution in [0, 0.1) is 6.92 Å². The van der Waals surface area contributed by atoms with E-state index in [2.05, 4.69) is 11.2 Å². The van der Waals surface area contributed by atoms with Gasteiger partial charge < -0.3 is 0 Å².